The van der Waals surface area contributed by atoms with Crippen LogP contribution in [0.15, 0.2) is 22.7 Å². The van der Waals surface area contributed by atoms with Crippen molar-refractivity contribution in [1.82, 2.24) is 5.32 Å². The molecule has 20 heavy (non-hydrogen) atoms. The topological polar surface area (TPSA) is 30.5 Å². The van der Waals surface area contributed by atoms with Crippen molar-refractivity contribution < 1.29 is 9.47 Å². The molecular formula is C16H26BrNO2. The second kappa shape index (κ2) is 10.2. The second-order valence-electron chi connectivity index (χ2n) is 4.92. The van der Waals surface area contributed by atoms with E-state index in [4.69, 9.17) is 9.47 Å². The normalized spacial score (nSPS) is 11.1. The molecule has 1 aromatic rings. The largest absolute Gasteiger partial charge is 0.493 e. The fourth-order valence-corrected chi connectivity index (χ4v) is 2.30. The third-order valence-electron chi connectivity index (χ3n) is 3.46. The van der Waals surface area contributed by atoms with Gasteiger partial charge in [-0.05, 0) is 29.7 Å². The predicted molar refractivity (Wildman–Crippen MR) is 87.3 cm³/mol. The van der Waals surface area contributed by atoms with E-state index < -0.39 is 0 Å². The second-order valence-corrected chi connectivity index (χ2v) is 5.77. The number of ether oxygens (including phenoxy) is 2. The third-order valence-corrected chi connectivity index (χ3v) is 4.23. The number of methoxy groups -OCH3 is 1. The monoisotopic (exact) mass is 343 g/mol. The van der Waals surface area contributed by atoms with Gasteiger partial charge in [0.1, 0.15) is 5.75 Å². The summed E-state index contributed by atoms with van der Waals surface area (Å²) in [5.74, 6) is 1.59. The number of benzene rings is 1. The molecule has 0 bridgehead atoms. The van der Waals surface area contributed by atoms with Crippen molar-refractivity contribution in [2.24, 2.45) is 5.92 Å². The SMILES string of the molecule is CCC(CC)COc1ccc(Br)c(CNCCOC)c1. The maximum Gasteiger partial charge on any atom is 0.119 e. The van der Waals surface area contributed by atoms with Crippen LogP contribution in [0.25, 0.3) is 0 Å². The van der Waals surface area contributed by atoms with Crippen LogP contribution in [-0.4, -0.2) is 26.9 Å². The lowest BCUT2D eigenvalue weighted by atomic mass is 10.1. The van der Waals surface area contributed by atoms with Crippen LogP contribution in [0.4, 0.5) is 0 Å². The predicted octanol–water partition coefficient (Wildman–Crippen LogP) is 4.00. The van der Waals surface area contributed by atoms with Gasteiger partial charge >= 0.3 is 0 Å². The van der Waals surface area contributed by atoms with E-state index in [1.54, 1.807) is 7.11 Å². The minimum absolute atomic E-state index is 0.641. The van der Waals surface area contributed by atoms with Gasteiger partial charge in [-0.25, -0.2) is 0 Å². The molecule has 0 fully saturated rings. The zero-order chi connectivity index (χ0) is 14.8. The first-order chi connectivity index (χ1) is 9.71. The van der Waals surface area contributed by atoms with Crippen LogP contribution in [0.3, 0.4) is 0 Å². The van der Waals surface area contributed by atoms with Crippen LogP contribution in [0.2, 0.25) is 0 Å². The van der Waals surface area contributed by atoms with Crippen LogP contribution >= 0.6 is 15.9 Å². The average Bonchev–Trinajstić information content (AvgIpc) is 2.47. The molecule has 0 aliphatic heterocycles. The van der Waals surface area contributed by atoms with Gasteiger partial charge in [0.2, 0.25) is 0 Å². The zero-order valence-electron chi connectivity index (χ0n) is 12.7. The van der Waals surface area contributed by atoms with Gasteiger partial charge in [-0.1, -0.05) is 42.6 Å². The van der Waals surface area contributed by atoms with Crippen molar-refractivity contribution >= 4 is 15.9 Å². The summed E-state index contributed by atoms with van der Waals surface area (Å²) >= 11 is 3.58. The van der Waals surface area contributed by atoms with Crippen molar-refractivity contribution in [2.45, 2.75) is 33.2 Å². The Bertz CT molecular complexity index is 381. The third kappa shape index (κ3) is 6.25. The van der Waals surface area contributed by atoms with E-state index in [1.807, 2.05) is 6.07 Å². The quantitative estimate of drug-likeness (QED) is 0.651. The fraction of sp³-hybridized carbons (Fsp3) is 0.625. The van der Waals surface area contributed by atoms with Crippen LogP contribution in [-0.2, 0) is 11.3 Å². The lowest BCUT2D eigenvalue weighted by Crippen LogP contribution is -2.18. The average molecular weight is 344 g/mol. The van der Waals surface area contributed by atoms with Crippen molar-refractivity contribution in [3.05, 3.63) is 28.2 Å². The fourth-order valence-electron chi connectivity index (χ4n) is 1.91. The summed E-state index contributed by atoms with van der Waals surface area (Å²) in [4.78, 5) is 0. The van der Waals surface area contributed by atoms with E-state index in [0.29, 0.717) is 5.92 Å². The molecule has 1 aromatic carbocycles. The molecule has 1 N–H and O–H groups in total. The molecule has 1 rings (SSSR count). The molecule has 0 spiro atoms. The lowest BCUT2D eigenvalue weighted by molar-refractivity contribution is 0.199. The molecule has 4 heteroatoms. The minimum Gasteiger partial charge on any atom is -0.493 e. The number of nitrogens with one attached hydrogen (secondary N) is 1. The smallest absolute Gasteiger partial charge is 0.119 e. The Morgan fingerprint density at radius 1 is 1.25 bits per heavy atom. The van der Waals surface area contributed by atoms with Gasteiger partial charge in [-0.3, -0.25) is 0 Å². The zero-order valence-corrected chi connectivity index (χ0v) is 14.3. The van der Waals surface area contributed by atoms with E-state index in [9.17, 15) is 0 Å². The van der Waals surface area contributed by atoms with Crippen LogP contribution in [0.1, 0.15) is 32.3 Å². The van der Waals surface area contributed by atoms with E-state index in [0.717, 1.165) is 36.5 Å². The summed E-state index contributed by atoms with van der Waals surface area (Å²) in [7, 11) is 1.71. The molecule has 0 amide bonds. The molecular weight excluding hydrogens is 318 g/mol. The number of hydrogen-bond acceptors (Lipinski definition) is 3. The molecule has 0 saturated heterocycles. The Morgan fingerprint density at radius 2 is 2.00 bits per heavy atom. The highest BCUT2D eigenvalue weighted by Crippen LogP contribution is 2.23. The molecule has 0 atom stereocenters. The van der Waals surface area contributed by atoms with Crippen LogP contribution in [0, 0.1) is 5.92 Å². The number of halogens is 1. The highest BCUT2D eigenvalue weighted by atomic mass is 79.9. The van der Waals surface area contributed by atoms with Gasteiger partial charge in [0.05, 0.1) is 13.2 Å². The molecule has 0 aliphatic rings. The minimum atomic E-state index is 0.641. The van der Waals surface area contributed by atoms with Crippen molar-refractivity contribution in [3.63, 3.8) is 0 Å². The molecule has 0 saturated carbocycles. The summed E-state index contributed by atoms with van der Waals surface area (Å²) in [5.41, 5.74) is 1.21. The molecule has 0 heterocycles. The molecule has 0 radical (unpaired) electrons. The lowest BCUT2D eigenvalue weighted by Gasteiger charge is -2.15. The van der Waals surface area contributed by atoms with Gasteiger partial charge in [0.15, 0.2) is 0 Å². The first kappa shape index (κ1) is 17.5. The summed E-state index contributed by atoms with van der Waals surface area (Å²) in [6, 6.07) is 6.17. The summed E-state index contributed by atoms with van der Waals surface area (Å²) in [6.07, 6.45) is 2.33. The van der Waals surface area contributed by atoms with Gasteiger partial charge in [-0.2, -0.15) is 0 Å². The van der Waals surface area contributed by atoms with Gasteiger partial charge in [0, 0.05) is 24.7 Å². The van der Waals surface area contributed by atoms with Gasteiger partial charge in [0.25, 0.3) is 0 Å². The molecule has 0 aromatic heterocycles. The first-order valence-corrected chi connectivity index (χ1v) is 8.11. The first-order valence-electron chi connectivity index (χ1n) is 7.32. The standard InChI is InChI=1S/C16H26BrNO2/c1-4-13(5-2)12-20-15-6-7-16(17)14(10-15)11-18-8-9-19-3/h6-7,10,13,18H,4-5,8-9,11-12H2,1-3H3. The number of hydrogen-bond donors (Lipinski definition) is 1. The van der Waals surface area contributed by atoms with Crippen molar-refractivity contribution in [3.8, 4) is 5.75 Å². The van der Waals surface area contributed by atoms with Crippen molar-refractivity contribution in [2.75, 3.05) is 26.9 Å². The molecule has 3 nitrogen and oxygen atoms in total. The Balaban J connectivity index is 2.52. The molecule has 0 aliphatic carbocycles. The van der Waals surface area contributed by atoms with E-state index in [2.05, 4.69) is 47.2 Å². The summed E-state index contributed by atoms with van der Waals surface area (Å²) < 4.78 is 12.0. The molecule has 0 unspecified atom stereocenters. The number of rotatable bonds is 10. The van der Waals surface area contributed by atoms with Crippen LogP contribution < -0.4 is 10.1 Å². The Labute approximate surface area is 131 Å². The Morgan fingerprint density at radius 3 is 2.65 bits per heavy atom. The molecule has 114 valence electrons. The van der Waals surface area contributed by atoms with Gasteiger partial charge in [-0.15, -0.1) is 0 Å². The van der Waals surface area contributed by atoms with E-state index in [1.165, 1.54) is 18.4 Å². The highest BCUT2D eigenvalue weighted by molar-refractivity contribution is 9.10. The Hall–Kier alpha value is -0.580. The van der Waals surface area contributed by atoms with E-state index >= 15 is 0 Å². The Kier molecular flexibility index (Phi) is 8.90. The summed E-state index contributed by atoms with van der Waals surface area (Å²) in [6.45, 7) is 7.61. The highest BCUT2D eigenvalue weighted by Gasteiger charge is 2.06. The maximum atomic E-state index is 5.90. The summed E-state index contributed by atoms with van der Waals surface area (Å²) in [5, 5.41) is 3.35. The van der Waals surface area contributed by atoms with Crippen molar-refractivity contribution in [1.29, 1.82) is 0 Å². The van der Waals surface area contributed by atoms with Crippen LogP contribution in [0.5, 0.6) is 5.75 Å². The van der Waals surface area contributed by atoms with Gasteiger partial charge < -0.3 is 14.8 Å². The maximum absolute atomic E-state index is 5.90. The van der Waals surface area contributed by atoms with E-state index in [-0.39, 0.29) is 0 Å².